The molecule has 1 heterocycles. The molecule has 0 unspecified atom stereocenters. The van der Waals surface area contributed by atoms with E-state index in [0.29, 0.717) is 24.9 Å². The summed E-state index contributed by atoms with van der Waals surface area (Å²) in [5.41, 5.74) is 0.881. The van der Waals surface area contributed by atoms with Crippen LogP contribution >= 0.6 is 15.9 Å². The highest BCUT2D eigenvalue weighted by molar-refractivity contribution is 9.10. The number of aliphatic hydroxyl groups excluding tert-OH is 1. The van der Waals surface area contributed by atoms with E-state index in [1.54, 1.807) is 0 Å². The number of halogens is 1. The summed E-state index contributed by atoms with van der Waals surface area (Å²) in [6, 6.07) is 7.72. The Morgan fingerprint density at radius 3 is 2.79 bits per heavy atom. The summed E-state index contributed by atoms with van der Waals surface area (Å²) in [7, 11) is 0. The lowest BCUT2D eigenvalue weighted by Crippen LogP contribution is -2.26. The molecule has 0 aliphatic rings. The minimum atomic E-state index is 0.124. The summed E-state index contributed by atoms with van der Waals surface area (Å²) >= 11 is 3.46. The number of rotatable bonds is 6. The molecular formula is C13H16BrN3O2. The van der Waals surface area contributed by atoms with Crippen molar-refractivity contribution in [2.45, 2.75) is 13.5 Å². The summed E-state index contributed by atoms with van der Waals surface area (Å²) in [5, 5.41) is 17.1. The first kappa shape index (κ1) is 14.2. The lowest BCUT2D eigenvalue weighted by Gasteiger charge is -2.15. The maximum Gasteiger partial charge on any atom is 0.248 e. The van der Waals surface area contributed by atoms with Crippen molar-refractivity contribution in [1.82, 2.24) is 15.1 Å². The minimum Gasteiger partial charge on any atom is -0.419 e. The molecule has 0 spiro atoms. The first-order valence-corrected chi connectivity index (χ1v) is 6.94. The average molecular weight is 326 g/mol. The topological polar surface area (TPSA) is 62.4 Å². The molecule has 0 saturated heterocycles. The third-order valence-corrected chi connectivity index (χ3v) is 3.48. The number of nitrogens with zero attached hydrogens (tertiary/aromatic N) is 3. The number of hydrogen-bond donors (Lipinski definition) is 1. The minimum absolute atomic E-state index is 0.124. The van der Waals surface area contributed by atoms with Crippen molar-refractivity contribution in [2.75, 3.05) is 19.7 Å². The van der Waals surface area contributed by atoms with E-state index < -0.39 is 0 Å². The number of hydrogen-bond acceptors (Lipinski definition) is 5. The maximum atomic E-state index is 8.95. The normalized spacial score (nSPS) is 11.2. The van der Waals surface area contributed by atoms with Crippen molar-refractivity contribution in [2.24, 2.45) is 0 Å². The fraction of sp³-hybridized carbons (Fsp3) is 0.385. The zero-order valence-corrected chi connectivity index (χ0v) is 12.3. The standard InChI is InChI=1S/C13H16BrN3O2/c1-2-17(7-8-18)9-12-15-16-13(19-12)10-5-3-4-6-11(10)14/h3-6,18H,2,7-9H2,1H3. The summed E-state index contributed by atoms with van der Waals surface area (Å²) in [5.74, 6) is 1.06. The van der Waals surface area contributed by atoms with E-state index in [4.69, 9.17) is 9.52 Å². The molecule has 0 radical (unpaired) electrons. The molecule has 1 aromatic heterocycles. The van der Waals surface area contributed by atoms with Gasteiger partial charge >= 0.3 is 0 Å². The molecule has 5 nitrogen and oxygen atoms in total. The van der Waals surface area contributed by atoms with Crippen LogP contribution < -0.4 is 0 Å². The molecule has 102 valence electrons. The van der Waals surface area contributed by atoms with Gasteiger partial charge < -0.3 is 9.52 Å². The molecule has 2 aromatic rings. The lowest BCUT2D eigenvalue weighted by molar-refractivity contribution is 0.185. The quantitative estimate of drug-likeness (QED) is 0.883. The molecular weight excluding hydrogens is 310 g/mol. The Kier molecular flexibility index (Phi) is 5.07. The second-order valence-corrected chi connectivity index (χ2v) is 4.93. The van der Waals surface area contributed by atoms with Crippen LogP contribution in [0.2, 0.25) is 0 Å². The van der Waals surface area contributed by atoms with Gasteiger partial charge in [0.1, 0.15) is 0 Å². The zero-order chi connectivity index (χ0) is 13.7. The van der Waals surface area contributed by atoms with Crippen LogP contribution in [0.5, 0.6) is 0 Å². The molecule has 19 heavy (non-hydrogen) atoms. The number of aromatic nitrogens is 2. The zero-order valence-electron chi connectivity index (χ0n) is 10.7. The number of likely N-dealkylation sites (N-methyl/N-ethyl adjacent to an activating group) is 1. The monoisotopic (exact) mass is 325 g/mol. The van der Waals surface area contributed by atoms with Crippen molar-refractivity contribution in [3.63, 3.8) is 0 Å². The third kappa shape index (κ3) is 3.62. The van der Waals surface area contributed by atoms with E-state index >= 15 is 0 Å². The van der Waals surface area contributed by atoms with Gasteiger partial charge in [-0.15, -0.1) is 10.2 Å². The summed E-state index contributed by atoms with van der Waals surface area (Å²) in [4.78, 5) is 2.04. The van der Waals surface area contributed by atoms with E-state index in [2.05, 4.69) is 26.1 Å². The predicted molar refractivity (Wildman–Crippen MR) is 75.5 cm³/mol. The van der Waals surface area contributed by atoms with Crippen molar-refractivity contribution in [3.8, 4) is 11.5 Å². The first-order chi connectivity index (χ1) is 9.24. The molecule has 2 rings (SSSR count). The molecule has 0 atom stereocenters. The molecule has 0 saturated carbocycles. The fourth-order valence-corrected chi connectivity index (χ4v) is 2.20. The average Bonchev–Trinajstić information content (AvgIpc) is 2.87. The van der Waals surface area contributed by atoms with Crippen molar-refractivity contribution < 1.29 is 9.52 Å². The second-order valence-electron chi connectivity index (χ2n) is 4.07. The Hall–Kier alpha value is -1.24. The van der Waals surface area contributed by atoms with Crippen LogP contribution in [0.4, 0.5) is 0 Å². The number of aliphatic hydroxyl groups is 1. The highest BCUT2D eigenvalue weighted by Crippen LogP contribution is 2.26. The van der Waals surface area contributed by atoms with E-state index in [0.717, 1.165) is 16.6 Å². The molecule has 1 N–H and O–H groups in total. The van der Waals surface area contributed by atoms with E-state index in [1.165, 1.54) is 0 Å². The summed E-state index contributed by atoms with van der Waals surface area (Å²) < 4.78 is 6.58. The molecule has 0 aliphatic heterocycles. The fourth-order valence-electron chi connectivity index (χ4n) is 1.74. The molecule has 6 heteroatoms. The van der Waals surface area contributed by atoms with E-state index in [1.807, 2.05) is 36.1 Å². The Labute approximate surface area is 120 Å². The van der Waals surface area contributed by atoms with Gasteiger partial charge in [0.05, 0.1) is 18.7 Å². The highest BCUT2D eigenvalue weighted by atomic mass is 79.9. The van der Waals surface area contributed by atoms with Crippen LogP contribution in [0.3, 0.4) is 0 Å². The Morgan fingerprint density at radius 2 is 2.11 bits per heavy atom. The molecule has 1 aromatic carbocycles. The van der Waals surface area contributed by atoms with Crippen molar-refractivity contribution in [3.05, 3.63) is 34.6 Å². The maximum absolute atomic E-state index is 8.95. The van der Waals surface area contributed by atoms with Crippen molar-refractivity contribution in [1.29, 1.82) is 0 Å². The van der Waals surface area contributed by atoms with Gasteiger partial charge in [0.15, 0.2) is 0 Å². The van der Waals surface area contributed by atoms with Crippen LogP contribution in [-0.4, -0.2) is 39.9 Å². The Balaban J connectivity index is 2.13. The van der Waals surface area contributed by atoms with Gasteiger partial charge in [0.25, 0.3) is 0 Å². The second kappa shape index (κ2) is 6.79. The number of benzene rings is 1. The van der Waals surface area contributed by atoms with Crippen molar-refractivity contribution >= 4 is 15.9 Å². The lowest BCUT2D eigenvalue weighted by atomic mass is 10.2. The summed E-state index contributed by atoms with van der Waals surface area (Å²) in [6.45, 7) is 4.13. The van der Waals surface area contributed by atoms with Gasteiger partial charge in [-0.3, -0.25) is 4.90 Å². The summed E-state index contributed by atoms with van der Waals surface area (Å²) in [6.07, 6.45) is 0. The predicted octanol–water partition coefficient (Wildman–Crippen LogP) is 2.31. The van der Waals surface area contributed by atoms with Gasteiger partial charge in [0.2, 0.25) is 11.8 Å². The van der Waals surface area contributed by atoms with Crippen LogP contribution in [0.15, 0.2) is 33.2 Å². The van der Waals surface area contributed by atoms with Gasteiger partial charge in [-0.1, -0.05) is 19.1 Å². The molecule has 0 fully saturated rings. The largest absolute Gasteiger partial charge is 0.419 e. The Morgan fingerprint density at radius 1 is 1.32 bits per heavy atom. The highest BCUT2D eigenvalue weighted by Gasteiger charge is 2.13. The molecule has 0 bridgehead atoms. The van der Waals surface area contributed by atoms with Gasteiger partial charge in [0, 0.05) is 11.0 Å². The Bertz CT molecular complexity index is 530. The molecule has 0 aliphatic carbocycles. The molecule has 0 amide bonds. The van der Waals surface area contributed by atoms with Gasteiger partial charge in [-0.2, -0.15) is 0 Å². The van der Waals surface area contributed by atoms with E-state index in [9.17, 15) is 0 Å². The van der Waals surface area contributed by atoms with Gasteiger partial charge in [-0.25, -0.2) is 0 Å². The SMILES string of the molecule is CCN(CCO)Cc1nnc(-c2ccccc2Br)o1. The van der Waals surface area contributed by atoms with Crippen LogP contribution in [0.25, 0.3) is 11.5 Å². The smallest absolute Gasteiger partial charge is 0.248 e. The first-order valence-electron chi connectivity index (χ1n) is 6.15. The van der Waals surface area contributed by atoms with E-state index in [-0.39, 0.29) is 6.61 Å². The van der Waals surface area contributed by atoms with Crippen LogP contribution in [-0.2, 0) is 6.54 Å². The van der Waals surface area contributed by atoms with Gasteiger partial charge in [-0.05, 0) is 34.6 Å². The third-order valence-electron chi connectivity index (χ3n) is 2.79. The van der Waals surface area contributed by atoms with Crippen LogP contribution in [0, 0.1) is 0 Å². The van der Waals surface area contributed by atoms with Crippen LogP contribution in [0.1, 0.15) is 12.8 Å².